The third kappa shape index (κ3) is 5.26. The van der Waals surface area contributed by atoms with Crippen LogP contribution in [0.4, 0.5) is 13.2 Å². The summed E-state index contributed by atoms with van der Waals surface area (Å²) in [6.07, 6.45) is -3.07. The molecule has 0 spiro atoms. The van der Waals surface area contributed by atoms with Crippen LogP contribution in [0.5, 0.6) is 0 Å². The molecule has 0 aliphatic carbocycles. The molecule has 1 aliphatic rings. The van der Waals surface area contributed by atoms with Crippen molar-refractivity contribution in [3.05, 3.63) is 83.2 Å². The lowest BCUT2D eigenvalue weighted by atomic mass is 10.0. The van der Waals surface area contributed by atoms with E-state index in [0.29, 0.717) is 31.0 Å². The number of nitrogens with one attached hydrogen (secondary N) is 1. The highest BCUT2D eigenvalue weighted by atomic mass is 19.4. The summed E-state index contributed by atoms with van der Waals surface area (Å²) in [6.45, 7) is 4.86. The maximum Gasteiger partial charge on any atom is 0.416 e. The maximum atomic E-state index is 13.1. The number of nitrogens with zero attached hydrogens (tertiary/aromatic N) is 3. The molecule has 33 heavy (non-hydrogen) atoms. The topological polar surface area (TPSA) is 59.4 Å². The molecule has 2 heterocycles. The van der Waals surface area contributed by atoms with E-state index in [0.717, 1.165) is 30.8 Å². The average molecular weight is 458 g/mol. The molecule has 1 aliphatic heterocycles. The zero-order chi connectivity index (χ0) is 23.4. The highest BCUT2D eigenvalue weighted by molar-refractivity contribution is 5.95. The normalized spacial score (nSPS) is 15.9. The summed E-state index contributed by atoms with van der Waals surface area (Å²) in [7, 11) is 0. The number of aromatic nitrogens is 2. The minimum Gasteiger partial charge on any atom is -0.379 e. The minimum atomic E-state index is -4.46. The highest BCUT2D eigenvalue weighted by Crippen LogP contribution is 2.30. The zero-order valence-corrected chi connectivity index (χ0v) is 18.2. The maximum absolute atomic E-state index is 13.1. The smallest absolute Gasteiger partial charge is 0.379 e. The van der Waals surface area contributed by atoms with Crippen LogP contribution in [0, 0.1) is 6.92 Å². The van der Waals surface area contributed by atoms with Gasteiger partial charge in [0.05, 0.1) is 48.0 Å². The van der Waals surface area contributed by atoms with Crippen molar-refractivity contribution in [3.8, 4) is 5.69 Å². The number of morpholine rings is 1. The molecule has 3 aromatic rings. The molecule has 1 unspecified atom stereocenters. The van der Waals surface area contributed by atoms with Crippen molar-refractivity contribution in [1.29, 1.82) is 0 Å². The van der Waals surface area contributed by atoms with Crippen LogP contribution < -0.4 is 5.32 Å². The third-order valence-electron chi connectivity index (χ3n) is 5.80. The monoisotopic (exact) mass is 458 g/mol. The van der Waals surface area contributed by atoms with Gasteiger partial charge in [-0.3, -0.25) is 9.69 Å². The van der Waals surface area contributed by atoms with Crippen molar-refractivity contribution >= 4 is 5.91 Å². The SMILES string of the molecule is Cc1c(C(=O)NCC(c2ccccc2)N2CCOCC2)cnn1-c1cccc(C(F)(F)F)c1. The van der Waals surface area contributed by atoms with E-state index >= 15 is 0 Å². The fourth-order valence-corrected chi connectivity index (χ4v) is 4.01. The lowest BCUT2D eigenvalue weighted by Gasteiger charge is -2.34. The standard InChI is InChI=1S/C24H25F3N4O2/c1-17-21(15-29-31(17)20-9-5-8-19(14-20)24(25,26)27)23(32)28-16-22(18-6-3-2-4-7-18)30-10-12-33-13-11-30/h2-9,14-15,22H,10-13,16H2,1H3,(H,28,32). The van der Waals surface area contributed by atoms with Crippen LogP contribution in [0.2, 0.25) is 0 Å². The van der Waals surface area contributed by atoms with E-state index in [4.69, 9.17) is 4.74 Å². The van der Waals surface area contributed by atoms with Gasteiger partial charge >= 0.3 is 6.18 Å². The van der Waals surface area contributed by atoms with Crippen molar-refractivity contribution in [2.45, 2.75) is 19.1 Å². The number of halogens is 3. The van der Waals surface area contributed by atoms with Crippen molar-refractivity contribution in [2.24, 2.45) is 0 Å². The van der Waals surface area contributed by atoms with Crippen LogP contribution in [0.25, 0.3) is 5.69 Å². The van der Waals surface area contributed by atoms with Gasteiger partial charge in [-0.15, -0.1) is 0 Å². The number of carbonyl (C=O) groups is 1. The molecule has 1 saturated heterocycles. The third-order valence-corrected chi connectivity index (χ3v) is 5.80. The summed E-state index contributed by atoms with van der Waals surface area (Å²) >= 11 is 0. The Morgan fingerprint density at radius 2 is 1.85 bits per heavy atom. The Balaban J connectivity index is 1.51. The molecule has 4 rings (SSSR count). The molecule has 9 heteroatoms. The van der Waals surface area contributed by atoms with Gasteiger partial charge in [0.2, 0.25) is 0 Å². The molecule has 1 fully saturated rings. The number of alkyl halides is 3. The van der Waals surface area contributed by atoms with Crippen molar-refractivity contribution in [3.63, 3.8) is 0 Å². The van der Waals surface area contributed by atoms with Crippen molar-refractivity contribution in [2.75, 3.05) is 32.8 Å². The van der Waals surface area contributed by atoms with Gasteiger partial charge in [0.25, 0.3) is 5.91 Å². The Morgan fingerprint density at radius 1 is 1.12 bits per heavy atom. The van der Waals surface area contributed by atoms with Crippen molar-refractivity contribution in [1.82, 2.24) is 20.0 Å². The molecule has 6 nitrogen and oxygen atoms in total. The number of carbonyl (C=O) groups excluding carboxylic acids is 1. The Bertz CT molecular complexity index is 1090. The second-order valence-corrected chi connectivity index (χ2v) is 7.89. The zero-order valence-electron chi connectivity index (χ0n) is 18.2. The van der Waals surface area contributed by atoms with Gasteiger partial charge in [-0.25, -0.2) is 4.68 Å². The van der Waals surface area contributed by atoms with E-state index < -0.39 is 11.7 Å². The lowest BCUT2D eigenvalue weighted by molar-refractivity contribution is -0.137. The molecule has 0 bridgehead atoms. The quantitative estimate of drug-likeness (QED) is 0.607. The largest absolute Gasteiger partial charge is 0.416 e. The molecule has 0 radical (unpaired) electrons. The predicted molar refractivity (Wildman–Crippen MR) is 117 cm³/mol. The highest BCUT2D eigenvalue weighted by Gasteiger charge is 2.31. The summed E-state index contributed by atoms with van der Waals surface area (Å²) in [5.41, 5.74) is 1.36. The molecular weight excluding hydrogens is 433 g/mol. The van der Waals surface area contributed by atoms with Crippen LogP contribution in [0.3, 0.4) is 0 Å². The van der Waals surface area contributed by atoms with Gasteiger partial charge < -0.3 is 10.1 Å². The molecule has 2 aromatic carbocycles. The van der Waals surface area contributed by atoms with Gasteiger partial charge in [0.15, 0.2) is 0 Å². The fraction of sp³-hybridized carbons (Fsp3) is 0.333. The number of rotatable bonds is 6. The van der Waals surface area contributed by atoms with Gasteiger partial charge in [-0.1, -0.05) is 36.4 Å². The van der Waals surface area contributed by atoms with Crippen LogP contribution in [0.1, 0.15) is 33.2 Å². The van der Waals surface area contributed by atoms with E-state index in [2.05, 4.69) is 15.3 Å². The Hall–Kier alpha value is -3.17. The Morgan fingerprint density at radius 3 is 2.55 bits per heavy atom. The van der Waals surface area contributed by atoms with E-state index in [9.17, 15) is 18.0 Å². The van der Waals surface area contributed by atoms with Crippen LogP contribution in [-0.4, -0.2) is 53.4 Å². The number of hydrogen-bond donors (Lipinski definition) is 1. The molecule has 1 N–H and O–H groups in total. The van der Waals surface area contributed by atoms with Crippen LogP contribution in [-0.2, 0) is 10.9 Å². The van der Waals surface area contributed by atoms with Crippen molar-refractivity contribution < 1.29 is 22.7 Å². The van der Waals surface area contributed by atoms with Crippen LogP contribution in [0.15, 0.2) is 60.8 Å². The molecule has 1 amide bonds. The number of ether oxygens (including phenoxy) is 1. The molecular formula is C24H25F3N4O2. The van der Waals surface area contributed by atoms with Crippen LogP contribution >= 0.6 is 0 Å². The molecule has 174 valence electrons. The van der Waals surface area contributed by atoms with E-state index in [1.54, 1.807) is 6.92 Å². The number of amides is 1. The average Bonchev–Trinajstić information content (AvgIpc) is 3.21. The summed E-state index contributed by atoms with van der Waals surface area (Å²) in [5.74, 6) is -0.320. The molecule has 1 atom stereocenters. The lowest BCUT2D eigenvalue weighted by Crippen LogP contribution is -2.43. The Kier molecular flexibility index (Phi) is 6.80. The summed E-state index contributed by atoms with van der Waals surface area (Å²) < 4.78 is 46.1. The number of benzene rings is 2. The minimum absolute atomic E-state index is 0.0159. The second kappa shape index (κ2) is 9.76. The van der Waals surface area contributed by atoms with Gasteiger partial charge in [-0.2, -0.15) is 18.3 Å². The fourth-order valence-electron chi connectivity index (χ4n) is 4.01. The number of hydrogen-bond acceptors (Lipinski definition) is 4. The first-order chi connectivity index (χ1) is 15.8. The molecule has 1 aromatic heterocycles. The Labute approximate surface area is 190 Å². The summed E-state index contributed by atoms with van der Waals surface area (Å²) in [5, 5.41) is 7.15. The van der Waals surface area contributed by atoms with Gasteiger partial charge in [0.1, 0.15) is 0 Å². The summed E-state index contributed by atoms with van der Waals surface area (Å²) in [4.78, 5) is 15.2. The van der Waals surface area contributed by atoms with E-state index in [1.807, 2.05) is 30.3 Å². The van der Waals surface area contributed by atoms with Gasteiger partial charge in [-0.05, 0) is 30.7 Å². The first kappa shape index (κ1) is 23.0. The predicted octanol–water partition coefficient (Wildman–Crippen LogP) is 4.00. The molecule has 0 saturated carbocycles. The van der Waals surface area contributed by atoms with E-state index in [-0.39, 0.29) is 17.6 Å². The second-order valence-electron chi connectivity index (χ2n) is 7.89. The first-order valence-electron chi connectivity index (χ1n) is 10.7. The van der Waals surface area contributed by atoms with Gasteiger partial charge in [0, 0.05) is 19.6 Å². The first-order valence-corrected chi connectivity index (χ1v) is 10.7. The van der Waals surface area contributed by atoms with E-state index in [1.165, 1.54) is 23.0 Å². The summed E-state index contributed by atoms with van der Waals surface area (Å²) in [6, 6.07) is 14.8.